The fourth-order valence-corrected chi connectivity index (χ4v) is 3.43. The van der Waals surface area contributed by atoms with Gasteiger partial charge in [0.1, 0.15) is 0 Å². The molecule has 0 atom stereocenters. The van der Waals surface area contributed by atoms with Crippen LogP contribution in [0.5, 0.6) is 0 Å². The normalized spacial score (nSPS) is 15.7. The van der Waals surface area contributed by atoms with Gasteiger partial charge in [-0.05, 0) is 55.8 Å². The molecule has 3 rings (SSSR count). The van der Waals surface area contributed by atoms with Gasteiger partial charge in [-0.1, -0.05) is 60.7 Å². The molecule has 1 heteroatoms. The van der Waals surface area contributed by atoms with Gasteiger partial charge in [0, 0.05) is 6.54 Å². The smallest absolute Gasteiger partial charge is 0.00160 e. The summed E-state index contributed by atoms with van der Waals surface area (Å²) >= 11 is 0. The van der Waals surface area contributed by atoms with Crippen LogP contribution in [0, 0.1) is 5.92 Å². The minimum atomic E-state index is 0.716. The first kappa shape index (κ1) is 14.3. The van der Waals surface area contributed by atoms with E-state index in [0.717, 1.165) is 0 Å². The van der Waals surface area contributed by atoms with Crippen molar-refractivity contribution in [3.63, 3.8) is 0 Å². The van der Waals surface area contributed by atoms with Gasteiger partial charge in [0.25, 0.3) is 0 Å². The molecule has 1 aliphatic heterocycles. The zero-order valence-corrected chi connectivity index (χ0v) is 12.7. The molecule has 0 radical (unpaired) electrons. The molecule has 1 aliphatic rings. The summed E-state index contributed by atoms with van der Waals surface area (Å²) in [6, 6.07) is 21.9. The molecule has 1 heterocycles. The van der Waals surface area contributed by atoms with Gasteiger partial charge in [0.2, 0.25) is 0 Å². The van der Waals surface area contributed by atoms with Gasteiger partial charge in [-0.2, -0.15) is 0 Å². The quantitative estimate of drug-likeness (QED) is 0.766. The van der Waals surface area contributed by atoms with Crippen molar-refractivity contribution < 1.29 is 0 Å². The Bertz CT molecular complexity index is 473. The highest BCUT2D eigenvalue weighted by Crippen LogP contribution is 2.18. The molecule has 110 valence electrons. The van der Waals surface area contributed by atoms with E-state index in [2.05, 4.69) is 65.6 Å². The van der Waals surface area contributed by atoms with Crippen LogP contribution in [0.2, 0.25) is 0 Å². The third-order valence-electron chi connectivity index (χ3n) is 4.45. The van der Waals surface area contributed by atoms with Crippen LogP contribution >= 0.6 is 0 Å². The van der Waals surface area contributed by atoms with Crippen LogP contribution in [0.3, 0.4) is 0 Å². The van der Waals surface area contributed by atoms with Crippen LogP contribution in [-0.4, -0.2) is 24.5 Å². The molecule has 2 aromatic carbocycles. The van der Waals surface area contributed by atoms with Gasteiger partial charge < -0.3 is 4.90 Å². The van der Waals surface area contributed by atoms with E-state index in [1.807, 2.05) is 0 Å². The van der Waals surface area contributed by atoms with Gasteiger partial charge in [-0.25, -0.2) is 0 Å². The molecular formula is C20H25N. The van der Waals surface area contributed by atoms with Crippen molar-refractivity contribution in [2.24, 2.45) is 5.92 Å². The number of likely N-dealkylation sites (tertiary alicyclic amines) is 1. The molecule has 1 nitrogen and oxygen atoms in total. The zero-order chi connectivity index (χ0) is 14.3. The maximum atomic E-state index is 2.65. The average Bonchev–Trinajstić information content (AvgIpc) is 3.02. The highest BCUT2D eigenvalue weighted by atomic mass is 15.1. The Morgan fingerprint density at radius 1 is 0.714 bits per heavy atom. The van der Waals surface area contributed by atoms with Crippen LogP contribution in [0.1, 0.15) is 24.0 Å². The Balaban J connectivity index is 1.67. The Hall–Kier alpha value is -1.60. The molecule has 0 saturated carbocycles. The lowest BCUT2D eigenvalue weighted by Gasteiger charge is -2.24. The first-order valence-electron chi connectivity index (χ1n) is 8.20. The summed E-state index contributed by atoms with van der Waals surface area (Å²) in [5.41, 5.74) is 2.94. The predicted octanol–water partition coefficient (Wildman–Crippen LogP) is 4.18. The third kappa shape index (κ3) is 4.44. The summed E-state index contributed by atoms with van der Waals surface area (Å²) < 4.78 is 0. The number of nitrogens with zero attached hydrogens (tertiary/aromatic N) is 1. The van der Waals surface area contributed by atoms with Crippen LogP contribution in [-0.2, 0) is 12.8 Å². The predicted molar refractivity (Wildman–Crippen MR) is 89.5 cm³/mol. The lowest BCUT2D eigenvalue weighted by atomic mass is 9.92. The van der Waals surface area contributed by atoms with E-state index in [1.54, 1.807) is 0 Å². The van der Waals surface area contributed by atoms with Crippen molar-refractivity contribution in [3.05, 3.63) is 71.8 Å². The lowest BCUT2D eigenvalue weighted by molar-refractivity contribution is 0.275. The molecule has 1 fully saturated rings. The molecule has 0 unspecified atom stereocenters. The molecule has 0 N–H and O–H groups in total. The van der Waals surface area contributed by atoms with E-state index in [-0.39, 0.29) is 0 Å². The van der Waals surface area contributed by atoms with E-state index in [9.17, 15) is 0 Å². The molecule has 0 bridgehead atoms. The van der Waals surface area contributed by atoms with Crippen LogP contribution < -0.4 is 0 Å². The zero-order valence-electron chi connectivity index (χ0n) is 12.7. The largest absolute Gasteiger partial charge is 0.303 e. The molecule has 1 saturated heterocycles. The highest BCUT2D eigenvalue weighted by molar-refractivity contribution is 5.18. The van der Waals surface area contributed by atoms with Gasteiger partial charge in [-0.15, -0.1) is 0 Å². The van der Waals surface area contributed by atoms with Crippen molar-refractivity contribution in [1.82, 2.24) is 4.90 Å². The summed E-state index contributed by atoms with van der Waals surface area (Å²) in [7, 11) is 0. The first-order valence-corrected chi connectivity index (χ1v) is 8.20. The van der Waals surface area contributed by atoms with E-state index in [0.29, 0.717) is 5.92 Å². The maximum absolute atomic E-state index is 2.65. The first-order chi connectivity index (χ1) is 10.4. The monoisotopic (exact) mass is 279 g/mol. The van der Waals surface area contributed by atoms with Crippen LogP contribution in [0.25, 0.3) is 0 Å². The Kier molecular flexibility index (Phi) is 5.07. The second-order valence-corrected chi connectivity index (χ2v) is 6.25. The topological polar surface area (TPSA) is 3.24 Å². The molecule has 0 aliphatic carbocycles. The Morgan fingerprint density at radius 3 is 1.67 bits per heavy atom. The van der Waals surface area contributed by atoms with E-state index in [1.165, 1.54) is 56.4 Å². The summed E-state index contributed by atoms with van der Waals surface area (Å²) in [6.45, 7) is 3.82. The molecule has 21 heavy (non-hydrogen) atoms. The standard InChI is InChI=1S/C20H25N/c1-3-9-18(10-4-1)15-20(17-21-13-7-8-14-21)16-19-11-5-2-6-12-19/h1-6,9-12,20H,7-8,13-17H2. The SMILES string of the molecule is c1ccc(CC(Cc2ccccc2)CN2CCCC2)cc1. The number of benzene rings is 2. The number of hydrogen-bond donors (Lipinski definition) is 0. The highest BCUT2D eigenvalue weighted by Gasteiger charge is 2.18. The van der Waals surface area contributed by atoms with Gasteiger partial charge >= 0.3 is 0 Å². The molecule has 0 amide bonds. The van der Waals surface area contributed by atoms with Crippen LogP contribution in [0.15, 0.2) is 60.7 Å². The summed E-state index contributed by atoms with van der Waals surface area (Å²) in [6.07, 6.45) is 5.13. The van der Waals surface area contributed by atoms with E-state index < -0.39 is 0 Å². The summed E-state index contributed by atoms with van der Waals surface area (Å²) in [5, 5.41) is 0. The summed E-state index contributed by atoms with van der Waals surface area (Å²) in [5.74, 6) is 0.716. The van der Waals surface area contributed by atoms with Crippen molar-refractivity contribution in [2.75, 3.05) is 19.6 Å². The molecule has 0 aromatic heterocycles. The number of rotatable bonds is 6. The third-order valence-corrected chi connectivity index (χ3v) is 4.45. The Labute approximate surface area is 128 Å². The summed E-state index contributed by atoms with van der Waals surface area (Å²) in [4.78, 5) is 2.65. The van der Waals surface area contributed by atoms with E-state index in [4.69, 9.17) is 0 Å². The molecule has 2 aromatic rings. The maximum Gasteiger partial charge on any atom is 0.00160 e. The van der Waals surface area contributed by atoms with Gasteiger partial charge in [0.05, 0.1) is 0 Å². The second kappa shape index (κ2) is 7.42. The Morgan fingerprint density at radius 2 is 1.19 bits per heavy atom. The lowest BCUT2D eigenvalue weighted by Crippen LogP contribution is -2.29. The fourth-order valence-electron chi connectivity index (χ4n) is 3.43. The van der Waals surface area contributed by atoms with Crippen LogP contribution in [0.4, 0.5) is 0 Å². The number of hydrogen-bond acceptors (Lipinski definition) is 1. The van der Waals surface area contributed by atoms with E-state index >= 15 is 0 Å². The molecule has 0 spiro atoms. The minimum Gasteiger partial charge on any atom is -0.303 e. The van der Waals surface area contributed by atoms with Gasteiger partial charge in [-0.3, -0.25) is 0 Å². The van der Waals surface area contributed by atoms with Crippen molar-refractivity contribution in [3.8, 4) is 0 Å². The second-order valence-electron chi connectivity index (χ2n) is 6.25. The minimum absolute atomic E-state index is 0.716. The van der Waals surface area contributed by atoms with Gasteiger partial charge in [0.15, 0.2) is 0 Å². The van der Waals surface area contributed by atoms with Crippen molar-refractivity contribution in [2.45, 2.75) is 25.7 Å². The van der Waals surface area contributed by atoms with Crippen molar-refractivity contribution in [1.29, 1.82) is 0 Å². The fraction of sp³-hybridized carbons (Fsp3) is 0.400. The molecular weight excluding hydrogens is 254 g/mol. The average molecular weight is 279 g/mol. The van der Waals surface area contributed by atoms with Crippen molar-refractivity contribution >= 4 is 0 Å².